The predicted octanol–water partition coefficient (Wildman–Crippen LogP) is 6.90. The van der Waals surface area contributed by atoms with Crippen molar-refractivity contribution >= 4 is 29.0 Å². The van der Waals surface area contributed by atoms with Crippen LogP contribution < -0.4 is 4.90 Å². The summed E-state index contributed by atoms with van der Waals surface area (Å²) in [6, 6.07) is 5.62. The fourth-order valence-corrected chi connectivity index (χ4v) is 3.76. The molecule has 0 unspecified atom stereocenters. The summed E-state index contributed by atoms with van der Waals surface area (Å²) in [5.41, 5.74) is -4.92. The predicted molar refractivity (Wildman–Crippen MR) is 109 cm³/mol. The van der Waals surface area contributed by atoms with Gasteiger partial charge in [0.1, 0.15) is 0 Å². The smallest absolute Gasteiger partial charge is 0.393 e. The number of alkyl halides is 11. The maximum Gasteiger partial charge on any atom is 0.393 e. The number of aromatic nitrogens is 1. The molecule has 36 heavy (non-hydrogen) atoms. The molecule has 0 spiro atoms. The van der Waals surface area contributed by atoms with Crippen LogP contribution in [0.2, 0.25) is 0 Å². The van der Waals surface area contributed by atoms with Gasteiger partial charge in [-0.25, -0.2) is 4.79 Å². The van der Waals surface area contributed by atoms with Crippen molar-refractivity contribution in [3.8, 4) is 5.69 Å². The van der Waals surface area contributed by atoms with Crippen molar-refractivity contribution in [3.63, 3.8) is 0 Å². The minimum Gasteiger partial charge on any atom is -0.462 e. The van der Waals surface area contributed by atoms with E-state index in [0.717, 1.165) is 9.47 Å². The summed E-state index contributed by atoms with van der Waals surface area (Å²) in [5, 5.41) is -6.34. The third kappa shape index (κ3) is 3.55. The van der Waals surface area contributed by atoms with Gasteiger partial charge in [0.15, 0.2) is 0 Å². The highest BCUT2D eigenvalue weighted by Crippen LogP contribution is 2.61. The Hall–Kier alpha value is -2.90. The molecule has 0 N–H and O–H groups in total. The van der Waals surface area contributed by atoms with Crippen LogP contribution in [0.25, 0.3) is 11.4 Å². The van der Waals surface area contributed by atoms with Gasteiger partial charge in [-0.2, -0.15) is 43.9 Å². The van der Waals surface area contributed by atoms with Crippen LogP contribution >= 0.6 is 11.6 Å². The van der Waals surface area contributed by atoms with Crippen molar-refractivity contribution in [1.82, 2.24) is 4.57 Å². The van der Waals surface area contributed by atoms with Crippen molar-refractivity contribution in [2.24, 2.45) is 0 Å². The molecule has 0 fully saturated rings. The minimum atomic E-state index is -7.41. The highest BCUT2D eigenvalue weighted by atomic mass is 35.5. The first-order valence-corrected chi connectivity index (χ1v) is 10.2. The number of anilines is 1. The molecule has 1 aromatic heterocycles. The van der Waals surface area contributed by atoms with Crippen LogP contribution in [-0.4, -0.2) is 47.3 Å². The molecule has 0 amide bonds. The maximum atomic E-state index is 15.4. The van der Waals surface area contributed by atoms with Crippen molar-refractivity contribution in [2.75, 3.05) is 18.6 Å². The van der Waals surface area contributed by atoms with Gasteiger partial charge in [0, 0.05) is 13.2 Å². The van der Waals surface area contributed by atoms with Crippen LogP contribution in [0, 0.1) is 0 Å². The number of hydrogen-bond donors (Lipinski definition) is 0. The average molecular weight is 553 g/mol. The Labute approximate surface area is 201 Å². The number of esters is 1. The van der Waals surface area contributed by atoms with E-state index in [9.17, 15) is 39.9 Å². The number of benzene rings is 1. The van der Waals surface area contributed by atoms with Crippen LogP contribution in [0.3, 0.4) is 0 Å². The largest absolute Gasteiger partial charge is 0.462 e. The topological polar surface area (TPSA) is 34.5 Å². The van der Waals surface area contributed by atoms with E-state index in [2.05, 4.69) is 22.9 Å². The van der Waals surface area contributed by atoms with Crippen molar-refractivity contribution in [3.05, 3.63) is 53.9 Å². The highest BCUT2D eigenvalue weighted by Gasteiger charge is 2.87. The Bertz CT molecular complexity index is 1220. The monoisotopic (exact) mass is 552 g/mol. The lowest BCUT2D eigenvalue weighted by molar-refractivity contribution is -0.393. The Balaban J connectivity index is 2.39. The number of hydrogen-bond acceptors (Lipinski definition) is 3. The van der Waals surface area contributed by atoms with Crippen LogP contribution in [0.1, 0.15) is 28.5 Å². The second-order valence-corrected chi connectivity index (χ2v) is 8.12. The molecule has 2 heterocycles. The molecule has 0 saturated heterocycles. The molecule has 0 atom stereocenters. The van der Waals surface area contributed by atoms with Crippen molar-refractivity contribution in [1.29, 1.82) is 0 Å². The number of nitrogens with zero attached hydrogens (tertiary/aromatic N) is 2. The average Bonchev–Trinajstić information content (AvgIpc) is 3.18. The third-order valence-corrected chi connectivity index (χ3v) is 5.77. The first kappa shape index (κ1) is 27.7. The highest BCUT2D eigenvalue weighted by molar-refractivity contribution is 6.22. The van der Waals surface area contributed by atoms with Crippen LogP contribution in [0.4, 0.5) is 49.6 Å². The lowest BCUT2D eigenvalue weighted by atomic mass is 9.90. The van der Waals surface area contributed by atoms with E-state index in [4.69, 9.17) is 0 Å². The zero-order chi connectivity index (χ0) is 27.6. The van der Waals surface area contributed by atoms with E-state index in [1.807, 2.05) is 0 Å². The Morgan fingerprint density at radius 2 is 1.47 bits per heavy atom. The van der Waals surface area contributed by atoms with Crippen molar-refractivity contribution < 1.29 is 53.4 Å². The van der Waals surface area contributed by atoms with Gasteiger partial charge in [0.2, 0.25) is 0 Å². The number of para-hydroxylation sites is 2. The summed E-state index contributed by atoms with van der Waals surface area (Å²) in [5.74, 6) is -29.8. The molecule has 1 aliphatic heterocycles. The third-order valence-electron chi connectivity index (χ3n) is 5.53. The fourth-order valence-electron chi connectivity index (χ4n) is 3.65. The van der Waals surface area contributed by atoms with Crippen molar-refractivity contribution in [2.45, 2.75) is 36.0 Å². The summed E-state index contributed by atoms with van der Waals surface area (Å²) < 4.78 is 147. The molecule has 1 aromatic carbocycles. The van der Waals surface area contributed by atoms with Gasteiger partial charge in [-0.3, -0.25) is 0 Å². The Kier molecular flexibility index (Phi) is 6.40. The molecule has 1 aliphatic rings. The SMILES string of the molecule is C=C1c2c(C(F)(F)C(F)(F)C(F)(F)C(F)(F)C(F)(F)Cl)c(C(=O)OCC)cn2-c2ccccc2N1C. The molecule has 2 aromatic rings. The zero-order valence-corrected chi connectivity index (χ0v) is 18.9. The van der Waals surface area contributed by atoms with Gasteiger partial charge < -0.3 is 14.2 Å². The Morgan fingerprint density at radius 3 is 1.97 bits per heavy atom. The number of halogens is 11. The maximum absolute atomic E-state index is 15.4. The molecular weight excluding hydrogens is 538 g/mol. The van der Waals surface area contributed by atoms with Gasteiger partial charge in [-0.15, -0.1) is 0 Å². The molecule has 15 heteroatoms. The molecule has 3 rings (SSSR count). The van der Waals surface area contributed by atoms with Gasteiger partial charge >= 0.3 is 35.0 Å². The summed E-state index contributed by atoms with van der Waals surface area (Å²) in [6.45, 7) is 4.19. The molecule has 4 nitrogen and oxygen atoms in total. The molecule has 0 saturated carbocycles. The second-order valence-electron chi connectivity index (χ2n) is 7.65. The normalized spacial score (nSPS) is 15.0. The van der Waals surface area contributed by atoms with E-state index in [1.165, 1.54) is 38.2 Å². The molecular formula is C21H15ClF10N2O2. The standard InChI is InChI=1S/C21H15ClF10N2O2/c1-4-36-16(35)11-9-34-13-8-6-5-7-12(13)33(3)10(2)15(34)14(11)17(23,24)18(25,26)19(27,28)20(29,30)21(22,31)32/h5-9H,2,4H2,1,3H3. The van der Waals surface area contributed by atoms with Gasteiger partial charge in [0.25, 0.3) is 0 Å². The Morgan fingerprint density at radius 1 is 0.944 bits per heavy atom. The van der Waals surface area contributed by atoms with Gasteiger partial charge in [-0.05, 0) is 30.7 Å². The summed E-state index contributed by atoms with van der Waals surface area (Å²) in [7, 11) is 1.23. The zero-order valence-electron chi connectivity index (χ0n) is 18.2. The van der Waals surface area contributed by atoms with E-state index in [-0.39, 0.29) is 11.4 Å². The fraction of sp³-hybridized carbons (Fsp3) is 0.381. The van der Waals surface area contributed by atoms with Crippen LogP contribution in [-0.2, 0) is 10.7 Å². The first-order chi connectivity index (χ1) is 16.3. The van der Waals surface area contributed by atoms with E-state index >= 15 is 8.78 Å². The summed E-state index contributed by atoms with van der Waals surface area (Å²) in [6.07, 6.45) is 0.552. The number of carbonyl (C=O) groups is 1. The molecule has 0 bridgehead atoms. The second kappa shape index (κ2) is 8.32. The number of carbonyl (C=O) groups excluding carboxylic acids is 1. The molecule has 0 aliphatic carbocycles. The van der Waals surface area contributed by atoms with Gasteiger partial charge in [0.05, 0.1) is 40.5 Å². The number of fused-ring (bicyclic) bond motifs is 3. The lowest BCUT2D eigenvalue weighted by Gasteiger charge is -2.39. The summed E-state index contributed by atoms with van der Waals surface area (Å²) in [4.78, 5) is 13.5. The minimum absolute atomic E-state index is 0.0114. The van der Waals surface area contributed by atoms with Gasteiger partial charge in [-0.1, -0.05) is 18.7 Å². The van der Waals surface area contributed by atoms with Crippen LogP contribution in [0.15, 0.2) is 37.0 Å². The lowest BCUT2D eigenvalue weighted by Crippen LogP contribution is -2.65. The molecule has 198 valence electrons. The number of ether oxygens (including phenoxy) is 1. The molecule has 0 radical (unpaired) electrons. The van der Waals surface area contributed by atoms with E-state index in [0.29, 0.717) is 6.20 Å². The van der Waals surface area contributed by atoms with Crippen LogP contribution in [0.5, 0.6) is 0 Å². The summed E-state index contributed by atoms with van der Waals surface area (Å²) >= 11 is 3.89. The van der Waals surface area contributed by atoms with E-state index < -0.39 is 64.2 Å². The quantitative estimate of drug-likeness (QED) is 0.213. The first-order valence-electron chi connectivity index (χ1n) is 9.80. The van der Waals surface area contributed by atoms with E-state index in [1.54, 1.807) is 0 Å². The number of rotatable bonds is 7.